The van der Waals surface area contributed by atoms with Crippen LogP contribution in [0.15, 0.2) is 0 Å². The van der Waals surface area contributed by atoms with Crippen LogP contribution in [0, 0.1) is 0 Å². The fourth-order valence-corrected chi connectivity index (χ4v) is 1.73. The quantitative estimate of drug-likeness (QED) is 0.354. The molecule has 1 radical (unpaired) electrons. The van der Waals surface area contributed by atoms with Crippen molar-refractivity contribution >= 4 is 61.5 Å². The van der Waals surface area contributed by atoms with Gasteiger partial charge in [-0.15, -0.1) is 0 Å². The molecule has 18 heteroatoms. The number of alkyl halides is 13. The molecule has 0 aromatic carbocycles. The summed E-state index contributed by atoms with van der Waals surface area (Å²) in [5.74, 6) is -40.3. The van der Waals surface area contributed by atoms with Gasteiger partial charge in [-0.2, -0.15) is 65.5 Å². The summed E-state index contributed by atoms with van der Waals surface area (Å²) < 4.78 is 192. The van der Waals surface area contributed by atoms with E-state index in [9.17, 15) is 65.5 Å². The topological polar surface area (TPSA) is 54.4 Å². The molecule has 0 saturated carbocycles. The summed E-state index contributed by atoms with van der Waals surface area (Å²) >= 11 is 0. The van der Waals surface area contributed by atoms with Gasteiger partial charge in [0.15, 0.2) is 0 Å². The molecule has 0 rings (SSSR count). The van der Waals surface area contributed by atoms with Crippen LogP contribution in [-0.4, -0.2) is 106 Å². The Kier molecular flexibility index (Phi) is 8.66. The molecule has 0 heterocycles. The van der Waals surface area contributed by atoms with Crippen molar-refractivity contribution in [3.8, 4) is 0 Å². The van der Waals surface area contributed by atoms with Crippen molar-refractivity contribution in [3.05, 3.63) is 0 Å². The predicted molar refractivity (Wildman–Crippen MR) is 57.6 cm³/mol. The molecule has 0 bridgehead atoms. The van der Waals surface area contributed by atoms with Crippen LogP contribution >= 0.6 is 0 Å². The SMILES string of the molecule is O=S(=O)(O)CCC(F)(F)C(F)(F)C(F)(F)C(F)(F)C(F)(F)C(F)(F)F.[K]. The zero-order valence-corrected chi connectivity index (χ0v) is 15.9. The Bertz CT molecular complexity index is 597. The van der Waals surface area contributed by atoms with Crippen molar-refractivity contribution in [2.75, 3.05) is 5.75 Å². The van der Waals surface area contributed by atoms with Gasteiger partial charge in [0.05, 0.1) is 5.75 Å². The second-order valence-corrected chi connectivity index (χ2v) is 6.11. The largest absolute Gasteiger partial charge is 0.460 e. The summed E-state index contributed by atoms with van der Waals surface area (Å²) in [6, 6.07) is 0. The van der Waals surface area contributed by atoms with Crippen molar-refractivity contribution in [1.82, 2.24) is 0 Å². The summed E-state index contributed by atoms with van der Waals surface area (Å²) in [7, 11) is -5.52. The van der Waals surface area contributed by atoms with E-state index in [1.54, 1.807) is 0 Å². The number of halogens is 13. The standard InChI is InChI=1S/C8H5F13O3S.K/c9-3(10,1-2-25(22,23)24)4(11,12)5(13,14)6(15,16)7(17,18)8(19,20)21;/h1-2H2,(H,22,23,24);. The first-order valence-electron chi connectivity index (χ1n) is 5.36. The second-order valence-electron chi connectivity index (χ2n) is 4.54. The summed E-state index contributed by atoms with van der Waals surface area (Å²) in [6.45, 7) is 0. The summed E-state index contributed by atoms with van der Waals surface area (Å²) in [4.78, 5) is 0. The predicted octanol–water partition coefficient (Wildman–Crippen LogP) is 3.62. The molecule has 3 nitrogen and oxygen atoms in total. The third kappa shape index (κ3) is 4.97. The van der Waals surface area contributed by atoms with Crippen LogP contribution < -0.4 is 0 Å². The van der Waals surface area contributed by atoms with Crippen LogP contribution in [0.1, 0.15) is 6.42 Å². The minimum atomic E-state index is -8.04. The maximum Gasteiger partial charge on any atom is 0.460 e. The number of hydrogen-bond donors (Lipinski definition) is 1. The first-order chi connectivity index (χ1) is 10.5. The van der Waals surface area contributed by atoms with Gasteiger partial charge in [-0.1, -0.05) is 0 Å². The van der Waals surface area contributed by atoms with E-state index in [4.69, 9.17) is 4.55 Å². The Hall–Kier alpha value is 0.636. The third-order valence-corrected chi connectivity index (χ3v) is 3.39. The van der Waals surface area contributed by atoms with Gasteiger partial charge in [0.1, 0.15) is 0 Å². The molecule has 0 aliphatic rings. The number of hydrogen-bond acceptors (Lipinski definition) is 2. The zero-order chi connectivity index (χ0) is 20.9. The van der Waals surface area contributed by atoms with E-state index in [1.807, 2.05) is 0 Å². The van der Waals surface area contributed by atoms with Gasteiger partial charge in [0, 0.05) is 57.8 Å². The molecule has 0 spiro atoms. The second kappa shape index (κ2) is 7.81. The van der Waals surface area contributed by atoms with Crippen molar-refractivity contribution in [2.45, 2.75) is 42.2 Å². The average Bonchev–Trinajstić information content (AvgIpc) is 2.33. The van der Waals surface area contributed by atoms with Crippen molar-refractivity contribution in [3.63, 3.8) is 0 Å². The summed E-state index contributed by atoms with van der Waals surface area (Å²) in [6.07, 6.45) is -10.5. The average molecular weight is 467 g/mol. The molecule has 0 unspecified atom stereocenters. The minimum Gasteiger partial charge on any atom is -0.286 e. The summed E-state index contributed by atoms with van der Waals surface area (Å²) in [5, 5.41) is 0. The van der Waals surface area contributed by atoms with Crippen LogP contribution in [0.5, 0.6) is 0 Å². The van der Waals surface area contributed by atoms with Crippen molar-refractivity contribution in [2.24, 2.45) is 0 Å². The van der Waals surface area contributed by atoms with Crippen molar-refractivity contribution < 1.29 is 70.0 Å². The Balaban J connectivity index is 0. The van der Waals surface area contributed by atoms with Crippen LogP contribution in [0.4, 0.5) is 57.1 Å². The molecule has 0 amide bonds. The monoisotopic (exact) mass is 467 g/mol. The molecule has 1 N–H and O–H groups in total. The molecule has 0 atom stereocenters. The van der Waals surface area contributed by atoms with Crippen LogP contribution in [0.3, 0.4) is 0 Å². The Morgan fingerprint density at radius 3 is 1.19 bits per heavy atom. The van der Waals surface area contributed by atoms with E-state index in [0.29, 0.717) is 0 Å². The maximum absolute atomic E-state index is 13.0. The molecule has 0 aromatic heterocycles. The molecule has 0 fully saturated rings. The first kappa shape index (κ1) is 28.8. The van der Waals surface area contributed by atoms with E-state index in [-0.39, 0.29) is 51.4 Å². The first-order valence-corrected chi connectivity index (χ1v) is 6.97. The fraction of sp³-hybridized carbons (Fsp3) is 1.00. The van der Waals surface area contributed by atoms with Gasteiger partial charge < -0.3 is 0 Å². The molecular weight excluding hydrogens is 462 g/mol. The van der Waals surface area contributed by atoms with E-state index >= 15 is 0 Å². The van der Waals surface area contributed by atoms with E-state index in [2.05, 4.69) is 0 Å². The maximum atomic E-state index is 13.0. The molecule has 0 saturated heterocycles. The third-order valence-electron chi connectivity index (χ3n) is 2.67. The van der Waals surface area contributed by atoms with Gasteiger partial charge >= 0.3 is 35.8 Å². The Morgan fingerprint density at radius 2 is 0.923 bits per heavy atom. The van der Waals surface area contributed by atoms with Crippen LogP contribution in [0.2, 0.25) is 0 Å². The van der Waals surface area contributed by atoms with Gasteiger partial charge in [0.2, 0.25) is 0 Å². The molecular formula is C8H5F13KO3S. The Morgan fingerprint density at radius 1 is 0.615 bits per heavy atom. The van der Waals surface area contributed by atoms with Gasteiger partial charge in [0.25, 0.3) is 10.1 Å². The molecule has 0 aromatic rings. The van der Waals surface area contributed by atoms with Gasteiger partial charge in [-0.05, 0) is 0 Å². The molecule has 0 aliphatic heterocycles. The van der Waals surface area contributed by atoms with E-state index < -0.39 is 58.1 Å². The van der Waals surface area contributed by atoms with Crippen molar-refractivity contribution in [1.29, 1.82) is 0 Å². The van der Waals surface area contributed by atoms with Gasteiger partial charge in [-0.25, -0.2) is 0 Å². The van der Waals surface area contributed by atoms with E-state index in [0.717, 1.165) is 0 Å². The zero-order valence-electron chi connectivity index (χ0n) is 12.0. The number of rotatable bonds is 7. The normalized spacial score (nSPS) is 15.6. The van der Waals surface area contributed by atoms with Crippen LogP contribution in [-0.2, 0) is 10.1 Å². The molecule has 0 aliphatic carbocycles. The van der Waals surface area contributed by atoms with E-state index in [1.165, 1.54) is 0 Å². The fourth-order valence-electron chi connectivity index (χ4n) is 1.22. The van der Waals surface area contributed by atoms with Gasteiger partial charge in [-0.3, -0.25) is 4.55 Å². The summed E-state index contributed by atoms with van der Waals surface area (Å²) in [5.41, 5.74) is 0. The molecule has 26 heavy (non-hydrogen) atoms. The smallest absolute Gasteiger partial charge is 0.286 e. The Labute approximate surface area is 178 Å². The van der Waals surface area contributed by atoms with Crippen LogP contribution in [0.25, 0.3) is 0 Å². The minimum absolute atomic E-state index is 0. The molecule has 153 valence electrons.